The number of carbonyl (C=O) groups is 1. The molecule has 1 heterocycles. The van der Waals surface area contributed by atoms with Gasteiger partial charge in [0.2, 0.25) is 0 Å². The minimum Gasteiger partial charge on any atom is -0.384 e. The van der Waals surface area contributed by atoms with E-state index in [4.69, 9.17) is 5.11 Å². The average molecular weight is 300 g/mol. The van der Waals surface area contributed by atoms with Crippen LogP contribution in [0.1, 0.15) is 15.3 Å². The molecule has 4 nitrogen and oxygen atoms in total. The lowest BCUT2D eigenvalue weighted by Crippen LogP contribution is -2.27. The van der Waals surface area contributed by atoms with Crippen LogP contribution in [0.2, 0.25) is 0 Å². The highest BCUT2D eigenvalue weighted by Gasteiger charge is 2.03. The first-order valence-electron chi connectivity index (χ1n) is 6.47. The highest BCUT2D eigenvalue weighted by atomic mass is 32.1. The fourth-order valence-corrected chi connectivity index (χ4v) is 2.55. The maximum atomic E-state index is 11.8. The lowest BCUT2D eigenvalue weighted by molar-refractivity contribution is 0.252. The van der Waals surface area contributed by atoms with Gasteiger partial charge in [-0.25, -0.2) is 4.79 Å². The highest BCUT2D eigenvalue weighted by Crippen LogP contribution is 2.15. The van der Waals surface area contributed by atoms with Gasteiger partial charge < -0.3 is 15.7 Å². The largest absolute Gasteiger partial charge is 0.384 e. The molecule has 2 rings (SSSR count). The van der Waals surface area contributed by atoms with Crippen LogP contribution < -0.4 is 10.6 Å². The summed E-state index contributed by atoms with van der Waals surface area (Å²) in [6.07, 6.45) is 0. The molecule has 0 saturated heterocycles. The summed E-state index contributed by atoms with van der Waals surface area (Å²) in [6, 6.07) is 11.2. The van der Waals surface area contributed by atoms with Crippen LogP contribution in [0.4, 0.5) is 10.5 Å². The van der Waals surface area contributed by atoms with E-state index in [1.54, 1.807) is 0 Å². The van der Waals surface area contributed by atoms with E-state index in [1.807, 2.05) is 43.3 Å². The van der Waals surface area contributed by atoms with Gasteiger partial charge in [-0.1, -0.05) is 24.0 Å². The minimum atomic E-state index is -0.239. The zero-order chi connectivity index (χ0) is 15.1. The first-order chi connectivity index (χ1) is 10.2. The Morgan fingerprint density at radius 3 is 2.95 bits per heavy atom. The number of aliphatic hydroxyl groups is 1. The van der Waals surface area contributed by atoms with Crippen LogP contribution in [-0.4, -0.2) is 17.7 Å². The van der Waals surface area contributed by atoms with E-state index in [2.05, 4.69) is 22.5 Å². The van der Waals surface area contributed by atoms with E-state index in [-0.39, 0.29) is 12.6 Å². The van der Waals surface area contributed by atoms with Crippen molar-refractivity contribution in [2.24, 2.45) is 0 Å². The Labute approximate surface area is 127 Å². The third kappa shape index (κ3) is 4.95. The van der Waals surface area contributed by atoms with Crippen molar-refractivity contribution < 1.29 is 9.90 Å². The molecule has 0 unspecified atom stereocenters. The molecule has 5 heteroatoms. The van der Waals surface area contributed by atoms with E-state index < -0.39 is 0 Å². The topological polar surface area (TPSA) is 61.4 Å². The monoisotopic (exact) mass is 300 g/mol. The van der Waals surface area contributed by atoms with Gasteiger partial charge in [-0.2, -0.15) is 0 Å². The summed E-state index contributed by atoms with van der Waals surface area (Å²) in [5.74, 6) is 5.44. The van der Waals surface area contributed by atoms with E-state index in [0.717, 1.165) is 21.0 Å². The molecule has 0 aliphatic carbocycles. The predicted molar refractivity (Wildman–Crippen MR) is 85.3 cm³/mol. The lowest BCUT2D eigenvalue weighted by Gasteiger charge is -2.07. The van der Waals surface area contributed by atoms with Gasteiger partial charge in [0.05, 0.1) is 11.4 Å². The number of rotatable bonds is 3. The van der Waals surface area contributed by atoms with Crippen LogP contribution in [0.15, 0.2) is 36.4 Å². The molecule has 0 fully saturated rings. The number of benzene rings is 1. The summed E-state index contributed by atoms with van der Waals surface area (Å²) >= 11 is 1.50. The fourth-order valence-electron chi connectivity index (χ4n) is 1.73. The number of anilines is 1. The van der Waals surface area contributed by atoms with E-state index >= 15 is 0 Å². The quantitative estimate of drug-likeness (QED) is 0.763. The molecule has 0 aliphatic heterocycles. The molecule has 2 amide bonds. The molecule has 0 spiro atoms. The Bertz CT molecular complexity index is 683. The summed E-state index contributed by atoms with van der Waals surface area (Å²) in [5.41, 5.74) is 1.87. The number of carbonyl (C=O) groups excluding carboxylic acids is 1. The maximum absolute atomic E-state index is 11.8. The number of aliphatic hydroxyl groups excluding tert-OH is 1. The van der Waals surface area contributed by atoms with Crippen molar-refractivity contribution in [2.45, 2.75) is 13.5 Å². The molecule has 0 atom stereocenters. The van der Waals surface area contributed by atoms with Crippen molar-refractivity contribution in [3.8, 4) is 11.8 Å². The third-order valence-corrected chi connectivity index (χ3v) is 3.65. The molecule has 1 aromatic carbocycles. The van der Waals surface area contributed by atoms with Crippen molar-refractivity contribution in [1.82, 2.24) is 5.32 Å². The van der Waals surface area contributed by atoms with Gasteiger partial charge in [0.25, 0.3) is 0 Å². The van der Waals surface area contributed by atoms with Crippen LogP contribution in [0.3, 0.4) is 0 Å². The number of hydrogen-bond donors (Lipinski definition) is 3. The Kier molecular flexibility index (Phi) is 5.38. The molecule has 0 aliphatic rings. The standard InChI is InChI=1S/C16H16N2O2S/c1-12-4-2-5-13(10-12)18-16(20)17-11-15-8-7-14(21-15)6-3-9-19/h2,4-5,7-8,10,19H,9,11H2,1H3,(H2,17,18,20). The van der Waals surface area contributed by atoms with Crippen LogP contribution in [-0.2, 0) is 6.54 Å². The SMILES string of the molecule is Cc1cccc(NC(=O)NCc2ccc(C#CCO)s2)c1. The molecule has 2 aromatic rings. The lowest BCUT2D eigenvalue weighted by atomic mass is 10.2. The second-order valence-corrected chi connectivity index (χ2v) is 5.57. The fraction of sp³-hybridized carbons (Fsp3) is 0.188. The van der Waals surface area contributed by atoms with E-state index in [0.29, 0.717) is 6.54 Å². The smallest absolute Gasteiger partial charge is 0.319 e. The second kappa shape index (κ2) is 7.48. The first-order valence-corrected chi connectivity index (χ1v) is 7.29. The second-order valence-electron chi connectivity index (χ2n) is 4.40. The third-order valence-electron chi connectivity index (χ3n) is 2.65. The number of hydrogen-bond acceptors (Lipinski definition) is 3. The zero-order valence-electron chi connectivity index (χ0n) is 11.6. The maximum Gasteiger partial charge on any atom is 0.319 e. The van der Waals surface area contributed by atoms with Gasteiger partial charge >= 0.3 is 6.03 Å². The van der Waals surface area contributed by atoms with Gasteiger partial charge in [-0.3, -0.25) is 0 Å². The summed E-state index contributed by atoms with van der Waals surface area (Å²) in [6.45, 7) is 2.27. The van der Waals surface area contributed by atoms with Crippen LogP contribution >= 0.6 is 11.3 Å². The average Bonchev–Trinajstić information content (AvgIpc) is 2.91. The molecule has 0 saturated carbocycles. The Morgan fingerprint density at radius 1 is 1.33 bits per heavy atom. The minimum absolute atomic E-state index is 0.148. The summed E-state index contributed by atoms with van der Waals surface area (Å²) < 4.78 is 0. The van der Waals surface area contributed by atoms with Gasteiger partial charge in [0, 0.05) is 10.6 Å². The van der Waals surface area contributed by atoms with Crippen LogP contribution in [0.5, 0.6) is 0 Å². The van der Waals surface area contributed by atoms with Gasteiger partial charge in [-0.05, 0) is 36.8 Å². The van der Waals surface area contributed by atoms with Gasteiger partial charge in [-0.15, -0.1) is 11.3 Å². The molecule has 0 bridgehead atoms. The Balaban J connectivity index is 1.85. The van der Waals surface area contributed by atoms with Crippen molar-refractivity contribution >= 4 is 23.1 Å². The van der Waals surface area contributed by atoms with Crippen molar-refractivity contribution in [2.75, 3.05) is 11.9 Å². The predicted octanol–water partition coefficient (Wildman–Crippen LogP) is 2.72. The van der Waals surface area contributed by atoms with E-state index in [9.17, 15) is 4.79 Å². The number of amides is 2. The molecular weight excluding hydrogens is 284 g/mol. The molecule has 0 radical (unpaired) electrons. The van der Waals surface area contributed by atoms with Crippen molar-refractivity contribution in [3.63, 3.8) is 0 Å². The van der Waals surface area contributed by atoms with Gasteiger partial charge in [0.15, 0.2) is 0 Å². The number of thiophene rings is 1. The number of nitrogens with one attached hydrogen (secondary N) is 2. The molecular formula is C16H16N2O2S. The van der Waals surface area contributed by atoms with Crippen LogP contribution in [0, 0.1) is 18.8 Å². The van der Waals surface area contributed by atoms with Crippen molar-refractivity contribution in [3.05, 3.63) is 51.7 Å². The highest BCUT2D eigenvalue weighted by molar-refractivity contribution is 7.12. The Hall–Kier alpha value is -2.29. The van der Waals surface area contributed by atoms with Crippen LogP contribution in [0.25, 0.3) is 0 Å². The molecule has 21 heavy (non-hydrogen) atoms. The van der Waals surface area contributed by atoms with Crippen molar-refractivity contribution in [1.29, 1.82) is 0 Å². The molecule has 108 valence electrons. The summed E-state index contributed by atoms with van der Waals surface area (Å²) in [4.78, 5) is 13.7. The molecule has 3 N–H and O–H groups in total. The zero-order valence-corrected chi connectivity index (χ0v) is 12.5. The first kappa shape index (κ1) is 15.1. The summed E-state index contributed by atoms with van der Waals surface area (Å²) in [5, 5.41) is 14.2. The van der Waals surface area contributed by atoms with E-state index in [1.165, 1.54) is 11.3 Å². The Morgan fingerprint density at radius 2 is 2.19 bits per heavy atom. The normalized spacial score (nSPS) is 9.62. The molecule has 1 aromatic heterocycles. The number of urea groups is 1. The van der Waals surface area contributed by atoms with Gasteiger partial charge in [0.1, 0.15) is 6.61 Å². The summed E-state index contributed by atoms with van der Waals surface area (Å²) in [7, 11) is 0. The number of aryl methyl sites for hydroxylation is 1.